The molecule has 2 unspecified atom stereocenters. The smallest absolute Gasteiger partial charge is 0.462 e. The average Bonchev–Trinajstić information content (AvgIpc) is 0.898. The van der Waals surface area contributed by atoms with Crippen LogP contribution in [0.2, 0.25) is 0 Å². The van der Waals surface area contributed by atoms with Crippen LogP contribution in [0.1, 0.15) is 465 Å². The Morgan fingerprint density at radius 2 is 0.491 bits per heavy atom. The summed E-state index contributed by atoms with van der Waals surface area (Å²) in [7, 11) is -9.95. The van der Waals surface area contributed by atoms with Crippen LogP contribution in [-0.4, -0.2) is 96.7 Å². The second-order valence-electron chi connectivity index (χ2n) is 33.0. The zero-order valence-corrected chi connectivity index (χ0v) is 73.8. The maximum absolute atomic E-state index is 13.2. The highest BCUT2D eigenvalue weighted by atomic mass is 31.2. The Morgan fingerprint density at radius 3 is 0.745 bits per heavy atom. The van der Waals surface area contributed by atoms with Gasteiger partial charge in [0.2, 0.25) is 0 Å². The van der Waals surface area contributed by atoms with Gasteiger partial charge in [0, 0.05) is 25.7 Å². The first kappa shape index (κ1) is 108. The summed E-state index contributed by atoms with van der Waals surface area (Å²) in [5.74, 6) is -0.484. The molecule has 0 aliphatic rings. The second-order valence-corrected chi connectivity index (χ2v) is 35.9. The van der Waals surface area contributed by atoms with E-state index in [1.54, 1.807) is 0 Å². The van der Waals surface area contributed by atoms with Gasteiger partial charge in [-0.1, -0.05) is 413 Å². The molecule has 650 valence electrons. The molecule has 0 rings (SSSR count). The van der Waals surface area contributed by atoms with E-state index in [-0.39, 0.29) is 25.7 Å². The van der Waals surface area contributed by atoms with Gasteiger partial charge in [0.25, 0.3) is 0 Å². The Bertz CT molecular complexity index is 2190. The molecular formula is C91H174O17P2. The molecule has 3 N–H and O–H groups in total. The summed E-state index contributed by atoms with van der Waals surface area (Å²) < 4.78 is 69.0. The first-order chi connectivity index (χ1) is 53.4. The van der Waals surface area contributed by atoms with Gasteiger partial charge in [0.15, 0.2) is 12.2 Å². The number of hydrogen-bond donors (Lipinski definition) is 3. The molecule has 0 radical (unpaired) electrons. The Hall–Kier alpha value is -2.46. The molecule has 19 heteroatoms. The molecule has 0 bridgehead atoms. The highest BCUT2D eigenvalue weighted by Crippen LogP contribution is 2.45. The van der Waals surface area contributed by atoms with Gasteiger partial charge in [0.05, 0.1) is 26.4 Å². The molecule has 0 fully saturated rings. The lowest BCUT2D eigenvalue weighted by Gasteiger charge is -2.21. The van der Waals surface area contributed by atoms with E-state index in [9.17, 15) is 43.2 Å². The summed E-state index contributed by atoms with van der Waals surface area (Å²) in [6, 6.07) is 0. The number of aliphatic hydroxyl groups is 1. The third-order valence-corrected chi connectivity index (χ3v) is 22.7. The van der Waals surface area contributed by atoms with E-state index >= 15 is 0 Å². The number of hydrogen-bond acceptors (Lipinski definition) is 15. The fraction of sp³-hybridized carbons (Fsp3) is 0.912. The number of phosphoric acid groups is 2. The van der Waals surface area contributed by atoms with E-state index in [4.69, 9.17) is 37.0 Å². The summed E-state index contributed by atoms with van der Waals surface area (Å²) in [4.78, 5) is 73.4. The van der Waals surface area contributed by atoms with Gasteiger partial charge in [-0.25, -0.2) is 9.13 Å². The van der Waals surface area contributed by atoms with E-state index in [1.165, 1.54) is 270 Å². The normalized spacial score (nSPS) is 13.9. The van der Waals surface area contributed by atoms with Crippen molar-refractivity contribution in [2.75, 3.05) is 39.6 Å². The van der Waals surface area contributed by atoms with E-state index < -0.39 is 97.5 Å². The van der Waals surface area contributed by atoms with Gasteiger partial charge in [-0.2, -0.15) is 0 Å². The molecule has 0 aromatic rings. The lowest BCUT2D eigenvalue weighted by molar-refractivity contribution is -0.161. The van der Waals surface area contributed by atoms with Crippen LogP contribution < -0.4 is 0 Å². The van der Waals surface area contributed by atoms with Crippen LogP contribution in [0.5, 0.6) is 0 Å². The molecule has 110 heavy (non-hydrogen) atoms. The minimum Gasteiger partial charge on any atom is -0.462 e. The average molecular weight is 1600 g/mol. The number of aliphatic hydroxyl groups excluding tert-OH is 1. The molecule has 0 aromatic heterocycles. The van der Waals surface area contributed by atoms with Crippen LogP contribution in [0.3, 0.4) is 0 Å². The zero-order chi connectivity index (χ0) is 80.6. The van der Waals surface area contributed by atoms with Crippen molar-refractivity contribution in [2.24, 2.45) is 11.8 Å². The van der Waals surface area contributed by atoms with E-state index in [1.807, 2.05) is 0 Å². The standard InChI is InChI=1S/C91H174O17P2/c1-7-9-11-13-15-17-19-21-30-39-45-51-57-63-69-75-90(95)107-86(79-101-88(93)73-67-61-55-49-43-35-20-18-16-14-12-10-8-2)81-105-109(97,98)103-77-85(92)78-104-110(99,100)106-82-87(108-91(96)76-70-64-58-52-46-40-34-29-25-23-27-32-37-42-48-54-60-66-72-84(5)6)80-102-89(94)74-68-62-56-50-44-38-33-28-24-22-26-31-36-41-47-53-59-65-71-83(3)4/h17,19,21,30,83-87,92H,7-16,18,20,22-29,31-82H2,1-6H3,(H,97,98)(H,99,100)/b19-17-,30-21-/t85-,86+,87+/m0/s1. The van der Waals surface area contributed by atoms with E-state index in [0.717, 1.165) is 115 Å². The number of allylic oxidation sites excluding steroid dienone is 4. The van der Waals surface area contributed by atoms with Crippen molar-refractivity contribution in [3.05, 3.63) is 24.3 Å². The van der Waals surface area contributed by atoms with Crippen LogP contribution in [0.25, 0.3) is 0 Å². The predicted molar refractivity (Wildman–Crippen MR) is 455 cm³/mol. The second kappa shape index (κ2) is 81.7. The molecular weight excluding hydrogens is 1430 g/mol. The third-order valence-electron chi connectivity index (χ3n) is 20.8. The number of carbonyl (C=O) groups is 4. The number of esters is 4. The van der Waals surface area contributed by atoms with Gasteiger partial charge >= 0.3 is 39.5 Å². The Morgan fingerprint density at radius 1 is 0.282 bits per heavy atom. The zero-order valence-electron chi connectivity index (χ0n) is 72.1. The maximum atomic E-state index is 13.2. The fourth-order valence-corrected chi connectivity index (χ4v) is 15.3. The number of rotatable bonds is 88. The number of phosphoric ester groups is 2. The van der Waals surface area contributed by atoms with Crippen molar-refractivity contribution in [2.45, 2.75) is 484 Å². The van der Waals surface area contributed by atoms with Crippen molar-refractivity contribution in [3.63, 3.8) is 0 Å². The third kappa shape index (κ3) is 83.5. The predicted octanol–water partition coefficient (Wildman–Crippen LogP) is 27.7. The van der Waals surface area contributed by atoms with Crippen LogP contribution in [0, 0.1) is 11.8 Å². The summed E-state index contributed by atoms with van der Waals surface area (Å²) in [5.41, 5.74) is 0. The highest BCUT2D eigenvalue weighted by molar-refractivity contribution is 7.47. The SMILES string of the molecule is CCCCCC/C=C\C=C/CCCCCCCC(=O)O[C@H](COC(=O)CCCCCCCCCCCCCCC)COP(=O)(O)OC[C@H](O)COP(=O)(O)OC[C@@H](COC(=O)CCCCCCCCCCCCCCCCCCCCC(C)C)OC(=O)CCCCCCCCCCCCCCCCCCCCC(C)C. The van der Waals surface area contributed by atoms with Gasteiger partial charge in [-0.15, -0.1) is 0 Å². The van der Waals surface area contributed by atoms with E-state index in [2.05, 4.69) is 65.8 Å². The van der Waals surface area contributed by atoms with E-state index in [0.29, 0.717) is 25.7 Å². The van der Waals surface area contributed by atoms with Crippen molar-refractivity contribution in [1.29, 1.82) is 0 Å². The molecule has 0 aromatic carbocycles. The van der Waals surface area contributed by atoms with Crippen molar-refractivity contribution >= 4 is 39.5 Å². The number of unbranched alkanes of at least 4 members (excludes halogenated alkanes) is 55. The first-order valence-electron chi connectivity index (χ1n) is 46.3. The van der Waals surface area contributed by atoms with Crippen molar-refractivity contribution in [1.82, 2.24) is 0 Å². The minimum absolute atomic E-state index is 0.0858. The summed E-state index contributed by atoms with van der Waals surface area (Å²) in [6.07, 6.45) is 78.6. The number of carbonyl (C=O) groups excluding carboxylic acids is 4. The summed E-state index contributed by atoms with van der Waals surface area (Å²) in [5, 5.41) is 10.7. The van der Waals surface area contributed by atoms with Gasteiger partial charge in [-0.05, 0) is 63.2 Å². The topological polar surface area (TPSA) is 237 Å². The Kier molecular flexibility index (Phi) is 79.8. The molecule has 0 saturated carbocycles. The lowest BCUT2D eigenvalue weighted by Crippen LogP contribution is -2.30. The monoisotopic (exact) mass is 1600 g/mol. The quantitative estimate of drug-likeness (QED) is 0.0169. The van der Waals surface area contributed by atoms with Crippen LogP contribution >= 0.6 is 15.6 Å². The summed E-state index contributed by atoms with van der Waals surface area (Å²) in [6.45, 7) is 9.71. The van der Waals surface area contributed by atoms with Crippen LogP contribution in [-0.2, 0) is 65.4 Å². The van der Waals surface area contributed by atoms with Gasteiger partial charge in [-0.3, -0.25) is 37.3 Å². The molecule has 0 heterocycles. The van der Waals surface area contributed by atoms with Crippen molar-refractivity contribution in [3.8, 4) is 0 Å². The fourth-order valence-electron chi connectivity index (χ4n) is 13.8. The molecule has 0 aliphatic carbocycles. The Labute approximate surface area is 675 Å². The van der Waals surface area contributed by atoms with Gasteiger partial charge in [0.1, 0.15) is 19.3 Å². The van der Waals surface area contributed by atoms with Gasteiger partial charge < -0.3 is 33.8 Å². The highest BCUT2D eigenvalue weighted by Gasteiger charge is 2.31. The van der Waals surface area contributed by atoms with Crippen molar-refractivity contribution < 1.29 is 80.2 Å². The first-order valence-corrected chi connectivity index (χ1v) is 49.3. The minimum atomic E-state index is -4.97. The Balaban J connectivity index is 5.27. The lowest BCUT2D eigenvalue weighted by atomic mass is 10.0. The molecule has 0 amide bonds. The molecule has 0 saturated heterocycles. The molecule has 17 nitrogen and oxygen atoms in total. The number of ether oxygens (including phenoxy) is 4. The molecule has 5 atom stereocenters. The largest absolute Gasteiger partial charge is 0.472 e. The van der Waals surface area contributed by atoms with Crippen LogP contribution in [0.15, 0.2) is 24.3 Å². The maximum Gasteiger partial charge on any atom is 0.472 e. The molecule has 0 spiro atoms. The molecule has 0 aliphatic heterocycles. The van der Waals surface area contributed by atoms with Crippen LogP contribution in [0.4, 0.5) is 0 Å². The summed E-state index contributed by atoms with van der Waals surface area (Å²) >= 11 is 0.